The van der Waals surface area contributed by atoms with Gasteiger partial charge >= 0.3 is 11.8 Å². The van der Waals surface area contributed by atoms with Crippen LogP contribution >= 0.6 is 0 Å². The maximum absolute atomic E-state index is 13.4. The fraction of sp³-hybridized carbons (Fsp3) is 0.250. The van der Waals surface area contributed by atoms with Gasteiger partial charge in [0.2, 0.25) is 0 Å². The average Bonchev–Trinajstić information content (AvgIpc) is 2.96. The second kappa shape index (κ2) is 7.69. The SMILES string of the molecule is Cn1cccc1C(O)CCNC(=O)C(=O)Nc1ccc(F)cc1F. The van der Waals surface area contributed by atoms with Gasteiger partial charge in [0.25, 0.3) is 0 Å². The highest BCUT2D eigenvalue weighted by molar-refractivity contribution is 6.39. The monoisotopic (exact) mass is 337 g/mol. The average molecular weight is 337 g/mol. The smallest absolute Gasteiger partial charge is 0.313 e. The first-order valence-corrected chi connectivity index (χ1v) is 7.22. The van der Waals surface area contributed by atoms with Crippen molar-refractivity contribution in [2.75, 3.05) is 11.9 Å². The number of aliphatic hydroxyl groups excluding tert-OH is 1. The zero-order valence-corrected chi connectivity index (χ0v) is 12.9. The number of halogens is 2. The largest absolute Gasteiger partial charge is 0.387 e. The van der Waals surface area contributed by atoms with Crippen LogP contribution in [0.1, 0.15) is 18.2 Å². The molecule has 3 N–H and O–H groups in total. The molecule has 24 heavy (non-hydrogen) atoms. The number of hydrogen-bond donors (Lipinski definition) is 3. The fourth-order valence-electron chi connectivity index (χ4n) is 2.14. The van der Waals surface area contributed by atoms with E-state index in [2.05, 4.69) is 10.6 Å². The quantitative estimate of drug-likeness (QED) is 0.723. The molecule has 0 aliphatic carbocycles. The van der Waals surface area contributed by atoms with Gasteiger partial charge in [0.05, 0.1) is 11.8 Å². The van der Waals surface area contributed by atoms with Crippen molar-refractivity contribution in [3.05, 3.63) is 53.9 Å². The van der Waals surface area contributed by atoms with E-state index in [4.69, 9.17) is 0 Å². The zero-order chi connectivity index (χ0) is 17.7. The number of hydrogen-bond acceptors (Lipinski definition) is 3. The van der Waals surface area contributed by atoms with Gasteiger partial charge in [-0.3, -0.25) is 9.59 Å². The molecule has 8 heteroatoms. The molecule has 6 nitrogen and oxygen atoms in total. The van der Waals surface area contributed by atoms with Crippen molar-refractivity contribution in [2.24, 2.45) is 7.05 Å². The van der Waals surface area contributed by atoms with Crippen LogP contribution in [-0.2, 0) is 16.6 Å². The zero-order valence-electron chi connectivity index (χ0n) is 12.9. The molecule has 0 saturated carbocycles. The summed E-state index contributed by atoms with van der Waals surface area (Å²) in [6.07, 6.45) is 1.20. The maximum atomic E-state index is 13.4. The Labute approximate surface area is 137 Å². The molecule has 0 aliphatic heterocycles. The van der Waals surface area contributed by atoms with Crippen LogP contribution in [0, 0.1) is 11.6 Å². The molecule has 2 rings (SSSR count). The van der Waals surface area contributed by atoms with Crippen LogP contribution in [0.5, 0.6) is 0 Å². The molecule has 2 aromatic rings. The van der Waals surface area contributed by atoms with Gasteiger partial charge in [0.1, 0.15) is 11.6 Å². The standard InChI is InChI=1S/C16H17F2N3O3/c1-21-8-2-3-13(21)14(22)6-7-19-15(23)16(24)20-12-5-4-10(17)9-11(12)18/h2-5,8-9,14,22H,6-7H2,1H3,(H,19,23)(H,20,24). The molecule has 1 heterocycles. The van der Waals surface area contributed by atoms with Gasteiger partial charge in [0, 0.05) is 31.5 Å². The first kappa shape index (κ1) is 17.6. The van der Waals surface area contributed by atoms with E-state index in [1.807, 2.05) is 0 Å². The molecule has 128 valence electrons. The molecule has 0 bridgehead atoms. The van der Waals surface area contributed by atoms with Gasteiger partial charge in [-0.05, 0) is 30.7 Å². The number of nitrogens with zero attached hydrogens (tertiary/aromatic N) is 1. The second-order valence-electron chi connectivity index (χ2n) is 5.18. The molecule has 0 fully saturated rings. The highest BCUT2D eigenvalue weighted by Gasteiger charge is 2.17. The summed E-state index contributed by atoms with van der Waals surface area (Å²) in [5, 5.41) is 14.4. The molecule has 1 unspecified atom stereocenters. The first-order chi connectivity index (χ1) is 11.4. The number of aromatic nitrogens is 1. The van der Waals surface area contributed by atoms with Crippen molar-refractivity contribution in [1.82, 2.24) is 9.88 Å². The lowest BCUT2D eigenvalue weighted by Gasteiger charge is -2.12. The normalized spacial score (nSPS) is 11.8. The van der Waals surface area contributed by atoms with E-state index < -0.39 is 29.6 Å². The van der Waals surface area contributed by atoms with Crippen molar-refractivity contribution in [3.8, 4) is 0 Å². The van der Waals surface area contributed by atoms with Gasteiger partial charge in [-0.1, -0.05) is 0 Å². The van der Waals surface area contributed by atoms with E-state index in [9.17, 15) is 23.5 Å². The molecular weight excluding hydrogens is 320 g/mol. The van der Waals surface area contributed by atoms with Gasteiger partial charge in [0.15, 0.2) is 0 Å². The Balaban J connectivity index is 1.81. The van der Waals surface area contributed by atoms with E-state index >= 15 is 0 Å². The Morgan fingerprint density at radius 2 is 2.00 bits per heavy atom. The number of anilines is 1. The fourth-order valence-corrected chi connectivity index (χ4v) is 2.14. The third kappa shape index (κ3) is 4.39. The van der Waals surface area contributed by atoms with Gasteiger partial charge in [-0.25, -0.2) is 8.78 Å². The summed E-state index contributed by atoms with van der Waals surface area (Å²) in [5.41, 5.74) is 0.391. The Morgan fingerprint density at radius 1 is 1.25 bits per heavy atom. The predicted molar refractivity (Wildman–Crippen MR) is 83.0 cm³/mol. The van der Waals surface area contributed by atoms with Crippen LogP contribution < -0.4 is 10.6 Å². The van der Waals surface area contributed by atoms with Gasteiger partial charge < -0.3 is 20.3 Å². The Kier molecular flexibility index (Phi) is 5.64. The number of benzene rings is 1. The molecule has 2 amide bonds. The Bertz CT molecular complexity index is 746. The number of aliphatic hydroxyl groups is 1. The van der Waals surface area contributed by atoms with Crippen LogP contribution in [0.4, 0.5) is 14.5 Å². The predicted octanol–water partition coefficient (Wildman–Crippen LogP) is 1.48. The van der Waals surface area contributed by atoms with Crippen LogP contribution in [0.3, 0.4) is 0 Å². The van der Waals surface area contributed by atoms with E-state index in [0.29, 0.717) is 11.8 Å². The number of aryl methyl sites for hydroxylation is 1. The van der Waals surface area contributed by atoms with Gasteiger partial charge in [-0.2, -0.15) is 0 Å². The van der Waals surface area contributed by atoms with Gasteiger partial charge in [-0.15, -0.1) is 0 Å². The molecule has 1 aromatic carbocycles. The second-order valence-corrected chi connectivity index (χ2v) is 5.18. The number of rotatable bonds is 5. The summed E-state index contributed by atoms with van der Waals surface area (Å²) in [7, 11) is 1.78. The summed E-state index contributed by atoms with van der Waals surface area (Å²) in [6.45, 7) is 0.0600. The minimum Gasteiger partial charge on any atom is -0.387 e. The van der Waals surface area contributed by atoms with Crippen molar-refractivity contribution in [1.29, 1.82) is 0 Å². The number of carbonyl (C=O) groups excluding carboxylic acids is 2. The van der Waals surface area contributed by atoms with Crippen molar-refractivity contribution < 1.29 is 23.5 Å². The molecule has 0 spiro atoms. The van der Waals surface area contributed by atoms with Crippen molar-refractivity contribution >= 4 is 17.5 Å². The molecule has 1 atom stereocenters. The third-order valence-corrected chi connectivity index (χ3v) is 3.41. The molecule has 0 radical (unpaired) electrons. The van der Waals surface area contributed by atoms with E-state index in [1.165, 1.54) is 0 Å². The topological polar surface area (TPSA) is 83.4 Å². The maximum Gasteiger partial charge on any atom is 0.313 e. The number of amides is 2. The summed E-state index contributed by atoms with van der Waals surface area (Å²) >= 11 is 0. The summed E-state index contributed by atoms with van der Waals surface area (Å²) in [4.78, 5) is 23.3. The van der Waals surface area contributed by atoms with E-state index in [1.54, 1.807) is 29.9 Å². The number of nitrogens with one attached hydrogen (secondary N) is 2. The summed E-state index contributed by atoms with van der Waals surface area (Å²) in [6, 6.07) is 6.11. The highest BCUT2D eigenvalue weighted by Crippen LogP contribution is 2.16. The van der Waals surface area contributed by atoms with Crippen LogP contribution in [-0.4, -0.2) is 28.0 Å². The van der Waals surface area contributed by atoms with Crippen LogP contribution in [0.25, 0.3) is 0 Å². The minimum absolute atomic E-state index is 0.0600. The van der Waals surface area contributed by atoms with Crippen LogP contribution in [0.15, 0.2) is 36.5 Å². The summed E-state index contributed by atoms with van der Waals surface area (Å²) in [5.74, 6) is -3.81. The third-order valence-electron chi connectivity index (χ3n) is 3.41. The van der Waals surface area contributed by atoms with E-state index in [-0.39, 0.29) is 18.7 Å². The summed E-state index contributed by atoms with van der Waals surface area (Å²) < 4.78 is 27.9. The lowest BCUT2D eigenvalue weighted by Crippen LogP contribution is -2.36. The van der Waals surface area contributed by atoms with Crippen molar-refractivity contribution in [3.63, 3.8) is 0 Å². The molecule has 0 aliphatic rings. The lowest BCUT2D eigenvalue weighted by atomic mass is 10.2. The minimum atomic E-state index is -1.08. The van der Waals surface area contributed by atoms with Crippen molar-refractivity contribution in [2.45, 2.75) is 12.5 Å². The molecule has 0 saturated heterocycles. The highest BCUT2D eigenvalue weighted by atomic mass is 19.1. The lowest BCUT2D eigenvalue weighted by molar-refractivity contribution is -0.136. The molecule has 1 aromatic heterocycles. The Hall–Kier alpha value is -2.74. The van der Waals surface area contributed by atoms with Crippen LogP contribution in [0.2, 0.25) is 0 Å². The Morgan fingerprint density at radius 3 is 2.62 bits per heavy atom. The molecular formula is C16H17F2N3O3. The number of carbonyl (C=O) groups is 2. The first-order valence-electron chi connectivity index (χ1n) is 7.22. The van der Waals surface area contributed by atoms with E-state index in [0.717, 1.165) is 12.1 Å².